The second kappa shape index (κ2) is 5.69. The van der Waals surface area contributed by atoms with E-state index in [0.717, 1.165) is 12.1 Å². The van der Waals surface area contributed by atoms with Crippen molar-refractivity contribution in [1.29, 1.82) is 0 Å². The van der Waals surface area contributed by atoms with Crippen LogP contribution in [0.25, 0.3) is 0 Å². The molecule has 1 aromatic heterocycles. The van der Waals surface area contributed by atoms with Gasteiger partial charge in [-0.25, -0.2) is 18.4 Å². The van der Waals surface area contributed by atoms with Crippen LogP contribution in [-0.2, 0) is 24.2 Å². The molecule has 0 saturated heterocycles. The lowest BCUT2D eigenvalue weighted by Gasteiger charge is -2.04. The van der Waals surface area contributed by atoms with E-state index < -0.39 is 11.6 Å². The number of rotatable bonds is 5. The minimum absolute atomic E-state index is 0.0807. The van der Waals surface area contributed by atoms with Gasteiger partial charge >= 0.3 is 0 Å². The van der Waals surface area contributed by atoms with Crippen LogP contribution >= 0.6 is 0 Å². The molecule has 6 heteroatoms. The molecule has 0 aliphatic heterocycles. The van der Waals surface area contributed by atoms with Crippen molar-refractivity contribution in [2.24, 2.45) is 0 Å². The largest absolute Gasteiger partial charge is 0.299 e. The monoisotopic (exact) mass is 265 g/mol. The van der Waals surface area contributed by atoms with Crippen LogP contribution in [0.15, 0.2) is 24.5 Å². The first-order valence-electron chi connectivity index (χ1n) is 5.92. The van der Waals surface area contributed by atoms with Crippen LogP contribution < -0.4 is 0 Å². The van der Waals surface area contributed by atoms with Gasteiger partial charge in [0.25, 0.3) is 0 Å². The third-order valence-corrected chi connectivity index (χ3v) is 2.75. The Morgan fingerprint density at radius 3 is 2.79 bits per heavy atom. The summed E-state index contributed by atoms with van der Waals surface area (Å²) in [5.74, 6) is -0.993. The molecule has 19 heavy (non-hydrogen) atoms. The van der Waals surface area contributed by atoms with E-state index in [1.165, 1.54) is 12.4 Å². The smallest absolute Gasteiger partial charge is 0.144 e. The van der Waals surface area contributed by atoms with E-state index in [-0.39, 0.29) is 24.2 Å². The van der Waals surface area contributed by atoms with Crippen LogP contribution in [0.5, 0.6) is 0 Å². The first-order chi connectivity index (χ1) is 9.10. The molecular formula is C13H13F2N3O. The zero-order valence-corrected chi connectivity index (χ0v) is 10.4. The molecule has 0 radical (unpaired) electrons. The third kappa shape index (κ3) is 3.21. The van der Waals surface area contributed by atoms with Gasteiger partial charge in [0.1, 0.15) is 29.6 Å². The van der Waals surface area contributed by atoms with Gasteiger partial charge in [-0.1, -0.05) is 6.07 Å². The Kier molecular flexibility index (Phi) is 3.99. The number of aromatic nitrogens is 3. The number of hydrogen-bond donors (Lipinski definition) is 0. The van der Waals surface area contributed by atoms with Crippen molar-refractivity contribution in [3.8, 4) is 0 Å². The Balaban J connectivity index is 2.05. The maximum atomic E-state index is 13.4. The van der Waals surface area contributed by atoms with E-state index in [9.17, 15) is 13.6 Å². The van der Waals surface area contributed by atoms with Gasteiger partial charge in [-0.2, -0.15) is 5.10 Å². The maximum Gasteiger partial charge on any atom is 0.144 e. The normalized spacial score (nSPS) is 10.7. The Labute approximate surface area is 109 Å². The first kappa shape index (κ1) is 13.3. The fraction of sp³-hybridized carbons (Fsp3) is 0.308. The minimum atomic E-state index is -0.703. The molecule has 2 rings (SSSR count). The summed E-state index contributed by atoms with van der Waals surface area (Å²) >= 11 is 0. The van der Waals surface area contributed by atoms with Crippen LogP contribution in [0.2, 0.25) is 0 Å². The summed E-state index contributed by atoms with van der Waals surface area (Å²) in [7, 11) is 0. The number of nitrogens with zero attached hydrogens (tertiary/aromatic N) is 3. The lowest BCUT2D eigenvalue weighted by molar-refractivity contribution is -0.118. The van der Waals surface area contributed by atoms with E-state index in [2.05, 4.69) is 10.1 Å². The number of benzene rings is 1. The lowest BCUT2D eigenvalue weighted by Crippen LogP contribution is -2.13. The topological polar surface area (TPSA) is 47.8 Å². The number of Topliss-reactive ketones (excluding diaryl/α,β-unsaturated/α-hetero) is 1. The molecule has 100 valence electrons. The predicted octanol–water partition coefficient (Wildman–Crippen LogP) is 1.93. The summed E-state index contributed by atoms with van der Waals surface area (Å²) in [5, 5.41) is 3.95. The zero-order valence-electron chi connectivity index (χ0n) is 10.4. The highest BCUT2D eigenvalue weighted by atomic mass is 19.1. The van der Waals surface area contributed by atoms with E-state index in [4.69, 9.17) is 0 Å². The van der Waals surface area contributed by atoms with E-state index in [1.807, 2.05) is 6.92 Å². The summed E-state index contributed by atoms with van der Waals surface area (Å²) in [6.07, 6.45) is 1.39. The number of halogens is 2. The first-order valence-corrected chi connectivity index (χ1v) is 5.92. The molecule has 0 N–H and O–H groups in total. The highest BCUT2D eigenvalue weighted by molar-refractivity contribution is 5.82. The summed E-state index contributed by atoms with van der Waals surface area (Å²) in [4.78, 5) is 15.8. The average Bonchev–Trinajstić information content (AvgIpc) is 2.80. The van der Waals surface area contributed by atoms with Crippen molar-refractivity contribution in [2.45, 2.75) is 26.3 Å². The fourth-order valence-corrected chi connectivity index (χ4v) is 1.81. The van der Waals surface area contributed by atoms with Crippen molar-refractivity contribution in [2.75, 3.05) is 0 Å². The number of carbonyl (C=O) groups excluding carboxylic acids is 1. The number of carbonyl (C=O) groups is 1. The molecule has 0 saturated carbocycles. The molecule has 0 bridgehead atoms. The number of aryl methyl sites for hydroxylation is 1. The standard InChI is InChI=1S/C13H13F2N3O/c1-2-18-13(16-8-17-18)7-11(19)5-9-3-4-10(14)6-12(9)15/h3-4,6,8H,2,5,7H2,1H3. The van der Waals surface area contributed by atoms with Gasteiger partial charge in [0.2, 0.25) is 0 Å². The van der Waals surface area contributed by atoms with Crippen LogP contribution in [0, 0.1) is 11.6 Å². The Hall–Kier alpha value is -2.11. The molecule has 0 amide bonds. The number of ketones is 1. The minimum Gasteiger partial charge on any atom is -0.299 e. The Morgan fingerprint density at radius 1 is 1.32 bits per heavy atom. The van der Waals surface area contributed by atoms with Gasteiger partial charge in [-0.3, -0.25) is 4.79 Å². The van der Waals surface area contributed by atoms with E-state index in [0.29, 0.717) is 12.4 Å². The summed E-state index contributed by atoms with van der Waals surface area (Å²) in [6, 6.07) is 3.20. The highest BCUT2D eigenvalue weighted by Gasteiger charge is 2.13. The quantitative estimate of drug-likeness (QED) is 0.830. The second-order valence-electron chi connectivity index (χ2n) is 4.12. The fourth-order valence-electron chi connectivity index (χ4n) is 1.81. The third-order valence-electron chi connectivity index (χ3n) is 2.75. The van der Waals surface area contributed by atoms with Gasteiger partial charge in [-0.05, 0) is 18.6 Å². The van der Waals surface area contributed by atoms with Crippen LogP contribution in [0.4, 0.5) is 8.78 Å². The molecule has 0 spiro atoms. The van der Waals surface area contributed by atoms with Crippen LogP contribution in [0.3, 0.4) is 0 Å². The predicted molar refractivity (Wildman–Crippen MR) is 64.5 cm³/mol. The maximum absolute atomic E-state index is 13.4. The van der Waals surface area contributed by atoms with Crippen molar-refractivity contribution in [3.63, 3.8) is 0 Å². The molecule has 4 nitrogen and oxygen atoms in total. The van der Waals surface area contributed by atoms with Crippen molar-refractivity contribution in [3.05, 3.63) is 47.5 Å². The SMILES string of the molecule is CCn1ncnc1CC(=O)Cc1ccc(F)cc1F. The van der Waals surface area contributed by atoms with Crippen LogP contribution in [0.1, 0.15) is 18.3 Å². The highest BCUT2D eigenvalue weighted by Crippen LogP contribution is 2.11. The molecule has 0 fully saturated rings. The van der Waals surface area contributed by atoms with Gasteiger partial charge in [0.15, 0.2) is 0 Å². The van der Waals surface area contributed by atoms with E-state index in [1.54, 1.807) is 4.68 Å². The van der Waals surface area contributed by atoms with Crippen molar-refractivity contribution in [1.82, 2.24) is 14.8 Å². The van der Waals surface area contributed by atoms with Gasteiger partial charge in [-0.15, -0.1) is 0 Å². The Bertz CT molecular complexity index is 595. The van der Waals surface area contributed by atoms with Gasteiger partial charge in [0, 0.05) is 19.0 Å². The summed E-state index contributed by atoms with van der Waals surface area (Å²) in [5.41, 5.74) is 0.189. The molecule has 0 unspecified atom stereocenters. The number of hydrogen-bond acceptors (Lipinski definition) is 3. The average molecular weight is 265 g/mol. The lowest BCUT2D eigenvalue weighted by atomic mass is 10.1. The molecule has 0 aliphatic carbocycles. The molecule has 0 atom stereocenters. The van der Waals surface area contributed by atoms with Gasteiger partial charge in [0.05, 0.1) is 6.42 Å². The second-order valence-corrected chi connectivity index (χ2v) is 4.12. The Morgan fingerprint density at radius 2 is 2.11 bits per heavy atom. The summed E-state index contributed by atoms with van der Waals surface area (Å²) < 4.78 is 27.8. The molecular weight excluding hydrogens is 252 g/mol. The van der Waals surface area contributed by atoms with Gasteiger partial charge < -0.3 is 0 Å². The molecule has 0 aliphatic rings. The van der Waals surface area contributed by atoms with Crippen molar-refractivity contribution < 1.29 is 13.6 Å². The van der Waals surface area contributed by atoms with Crippen molar-refractivity contribution >= 4 is 5.78 Å². The summed E-state index contributed by atoms with van der Waals surface area (Å²) in [6.45, 7) is 2.51. The zero-order chi connectivity index (χ0) is 13.8. The van der Waals surface area contributed by atoms with E-state index >= 15 is 0 Å². The molecule has 2 aromatic rings. The molecule has 1 heterocycles. The molecule has 1 aromatic carbocycles. The van der Waals surface area contributed by atoms with Crippen LogP contribution in [-0.4, -0.2) is 20.5 Å².